The van der Waals surface area contributed by atoms with Gasteiger partial charge in [0.05, 0.1) is 16.8 Å². The molecule has 0 saturated carbocycles. The zero-order valence-electron chi connectivity index (χ0n) is 17.3. The Bertz CT molecular complexity index is 1100. The van der Waals surface area contributed by atoms with Crippen molar-refractivity contribution < 1.29 is 21.6 Å². The zero-order valence-corrected chi connectivity index (χ0v) is 20.5. The summed E-state index contributed by atoms with van der Waals surface area (Å²) in [5.41, 5.74) is 0.200. The molecule has 0 bridgehead atoms. The molecule has 0 aliphatic rings. The standard InChI is InChI=1S/C19H24ClN3O5S3/c1-22(2)31(27,28)18-10-6-16(7-11-18)23(30(3,25)26)14-19(24)21-12-13-29-17-8-4-15(20)5-9-17/h4-11H,12-14H2,1-3H3,(H,21,24). The van der Waals surface area contributed by atoms with Gasteiger partial charge in [-0.1, -0.05) is 11.6 Å². The number of nitrogens with zero attached hydrogens (tertiary/aromatic N) is 2. The van der Waals surface area contributed by atoms with Gasteiger partial charge in [0.15, 0.2) is 0 Å². The molecule has 1 N–H and O–H groups in total. The molecule has 0 aliphatic heterocycles. The van der Waals surface area contributed by atoms with Gasteiger partial charge in [0.1, 0.15) is 6.54 Å². The van der Waals surface area contributed by atoms with E-state index in [0.717, 1.165) is 19.8 Å². The Kier molecular flexibility index (Phi) is 8.78. The fraction of sp³-hybridized carbons (Fsp3) is 0.316. The number of benzene rings is 2. The average Bonchev–Trinajstić information content (AvgIpc) is 2.70. The van der Waals surface area contributed by atoms with Gasteiger partial charge >= 0.3 is 0 Å². The number of hydrogen-bond acceptors (Lipinski definition) is 6. The van der Waals surface area contributed by atoms with Crippen molar-refractivity contribution in [3.05, 3.63) is 53.6 Å². The molecular weight excluding hydrogens is 482 g/mol. The van der Waals surface area contributed by atoms with Gasteiger partial charge < -0.3 is 5.32 Å². The lowest BCUT2D eigenvalue weighted by atomic mass is 10.3. The number of amides is 1. The van der Waals surface area contributed by atoms with Crippen LogP contribution in [0, 0.1) is 0 Å². The largest absolute Gasteiger partial charge is 0.354 e. The maximum atomic E-state index is 12.3. The molecule has 0 saturated heterocycles. The van der Waals surface area contributed by atoms with Crippen LogP contribution in [0.5, 0.6) is 0 Å². The molecular formula is C19H24ClN3O5S3. The molecule has 2 rings (SSSR count). The first-order chi connectivity index (χ1) is 14.4. The van der Waals surface area contributed by atoms with E-state index in [-0.39, 0.29) is 10.6 Å². The Morgan fingerprint density at radius 1 is 1.00 bits per heavy atom. The van der Waals surface area contributed by atoms with Gasteiger partial charge in [0.25, 0.3) is 0 Å². The van der Waals surface area contributed by atoms with E-state index in [0.29, 0.717) is 17.3 Å². The minimum atomic E-state index is -3.76. The Labute approximate surface area is 192 Å². The van der Waals surface area contributed by atoms with Crippen molar-refractivity contribution in [3.63, 3.8) is 0 Å². The average molecular weight is 506 g/mol. The van der Waals surface area contributed by atoms with Gasteiger partial charge in [0, 0.05) is 36.3 Å². The predicted octanol–water partition coefficient (Wildman–Crippen LogP) is 2.26. The van der Waals surface area contributed by atoms with Gasteiger partial charge in [-0.2, -0.15) is 0 Å². The van der Waals surface area contributed by atoms with Crippen molar-refractivity contribution in [1.82, 2.24) is 9.62 Å². The van der Waals surface area contributed by atoms with E-state index in [1.54, 1.807) is 12.1 Å². The molecule has 0 radical (unpaired) electrons. The van der Waals surface area contributed by atoms with E-state index in [9.17, 15) is 21.6 Å². The van der Waals surface area contributed by atoms with Crippen LogP contribution >= 0.6 is 23.4 Å². The van der Waals surface area contributed by atoms with Crippen LogP contribution in [0.2, 0.25) is 5.02 Å². The van der Waals surface area contributed by atoms with Crippen molar-refractivity contribution >= 4 is 55.0 Å². The lowest BCUT2D eigenvalue weighted by Gasteiger charge is -2.22. The number of rotatable bonds is 10. The predicted molar refractivity (Wildman–Crippen MR) is 125 cm³/mol. The van der Waals surface area contributed by atoms with Crippen LogP contribution in [-0.4, -0.2) is 66.2 Å². The third-order valence-electron chi connectivity index (χ3n) is 4.10. The minimum absolute atomic E-state index is 0.0263. The molecule has 0 spiro atoms. The normalized spacial score (nSPS) is 12.0. The Hall–Kier alpha value is -1.79. The number of halogens is 1. The quantitative estimate of drug-likeness (QED) is 0.392. The van der Waals surface area contributed by atoms with Crippen molar-refractivity contribution in [2.45, 2.75) is 9.79 Å². The molecule has 0 fully saturated rings. The number of anilines is 1. The molecule has 0 aromatic heterocycles. The molecule has 0 aliphatic carbocycles. The SMILES string of the molecule is CN(C)S(=O)(=O)c1ccc(N(CC(=O)NCCSc2ccc(Cl)cc2)S(C)(=O)=O)cc1. The van der Waals surface area contributed by atoms with Crippen LogP contribution in [0.1, 0.15) is 0 Å². The third kappa shape index (κ3) is 7.39. The molecule has 0 atom stereocenters. The number of sulfonamides is 2. The second-order valence-corrected chi connectivity index (χ2v) is 12.4. The summed E-state index contributed by atoms with van der Waals surface area (Å²) in [6.45, 7) is -0.0615. The summed E-state index contributed by atoms with van der Waals surface area (Å²) < 4.78 is 50.8. The number of carbonyl (C=O) groups is 1. The maximum absolute atomic E-state index is 12.3. The van der Waals surface area contributed by atoms with Crippen LogP contribution in [0.25, 0.3) is 0 Å². The molecule has 1 amide bonds. The van der Waals surface area contributed by atoms with Crippen molar-refractivity contribution in [3.8, 4) is 0 Å². The van der Waals surface area contributed by atoms with E-state index in [2.05, 4.69) is 5.32 Å². The van der Waals surface area contributed by atoms with Crippen LogP contribution in [0.4, 0.5) is 5.69 Å². The highest BCUT2D eigenvalue weighted by molar-refractivity contribution is 7.99. The number of hydrogen-bond donors (Lipinski definition) is 1. The van der Waals surface area contributed by atoms with Gasteiger partial charge in [0.2, 0.25) is 26.0 Å². The summed E-state index contributed by atoms with van der Waals surface area (Å²) >= 11 is 7.38. The van der Waals surface area contributed by atoms with Gasteiger partial charge in [-0.05, 0) is 48.5 Å². The first kappa shape index (κ1) is 25.5. The van der Waals surface area contributed by atoms with E-state index < -0.39 is 32.5 Å². The molecule has 2 aromatic carbocycles. The number of carbonyl (C=O) groups excluding carboxylic acids is 1. The first-order valence-electron chi connectivity index (χ1n) is 9.06. The summed E-state index contributed by atoms with van der Waals surface area (Å²) in [6, 6.07) is 12.7. The van der Waals surface area contributed by atoms with E-state index >= 15 is 0 Å². The molecule has 8 nitrogen and oxygen atoms in total. The Balaban J connectivity index is 2.00. The first-order valence-corrected chi connectivity index (χ1v) is 13.7. The highest BCUT2D eigenvalue weighted by Gasteiger charge is 2.22. The van der Waals surface area contributed by atoms with Gasteiger partial charge in [-0.3, -0.25) is 9.10 Å². The van der Waals surface area contributed by atoms with Crippen LogP contribution in [0.3, 0.4) is 0 Å². The smallest absolute Gasteiger partial charge is 0.242 e. The summed E-state index contributed by atoms with van der Waals surface area (Å²) in [5, 5.41) is 3.34. The topological polar surface area (TPSA) is 104 Å². The molecule has 0 heterocycles. The molecule has 31 heavy (non-hydrogen) atoms. The lowest BCUT2D eigenvalue weighted by Crippen LogP contribution is -2.41. The molecule has 170 valence electrons. The maximum Gasteiger partial charge on any atom is 0.242 e. The van der Waals surface area contributed by atoms with Crippen LogP contribution in [-0.2, 0) is 24.8 Å². The minimum Gasteiger partial charge on any atom is -0.354 e. The summed E-state index contributed by atoms with van der Waals surface area (Å²) in [7, 11) is -4.59. The molecule has 12 heteroatoms. The fourth-order valence-electron chi connectivity index (χ4n) is 2.47. The fourth-order valence-corrected chi connectivity index (χ4v) is 5.12. The van der Waals surface area contributed by atoms with Crippen LogP contribution < -0.4 is 9.62 Å². The third-order valence-corrected chi connectivity index (χ3v) is 8.33. The number of thioether (sulfide) groups is 1. The molecule has 0 unspecified atom stereocenters. The van der Waals surface area contributed by atoms with E-state index in [1.165, 1.54) is 50.1 Å². The van der Waals surface area contributed by atoms with Crippen LogP contribution in [0.15, 0.2) is 58.3 Å². The van der Waals surface area contributed by atoms with E-state index in [4.69, 9.17) is 11.6 Å². The van der Waals surface area contributed by atoms with Crippen molar-refractivity contribution in [2.24, 2.45) is 0 Å². The summed E-state index contributed by atoms with van der Waals surface area (Å²) in [6.07, 6.45) is 0.987. The van der Waals surface area contributed by atoms with Crippen molar-refractivity contribution in [1.29, 1.82) is 0 Å². The Morgan fingerprint density at radius 3 is 2.10 bits per heavy atom. The van der Waals surface area contributed by atoms with Crippen molar-refractivity contribution in [2.75, 3.05) is 43.5 Å². The lowest BCUT2D eigenvalue weighted by molar-refractivity contribution is -0.119. The highest BCUT2D eigenvalue weighted by atomic mass is 35.5. The number of nitrogens with one attached hydrogen (secondary N) is 1. The second-order valence-electron chi connectivity index (χ2n) is 6.70. The van der Waals surface area contributed by atoms with Gasteiger partial charge in [-0.15, -0.1) is 11.8 Å². The summed E-state index contributed by atoms with van der Waals surface area (Å²) in [5.74, 6) is 0.135. The monoisotopic (exact) mass is 505 g/mol. The van der Waals surface area contributed by atoms with E-state index in [1.807, 2.05) is 12.1 Å². The molecule has 2 aromatic rings. The highest BCUT2D eigenvalue weighted by Crippen LogP contribution is 2.22. The Morgan fingerprint density at radius 2 is 1.58 bits per heavy atom. The summed E-state index contributed by atoms with van der Waals surface area (Å²) in [4.78, 5) is 13.3. The zero-order chi connectivity index (χ0) is 23.2. The van der Waals surface area contributed by atoms with Gasteiger partial charge in [-0.25, -0.2) is 21.1 Å². The second kappa shape index (κ2) is 10.7.